The Bertz CT molecular complexity index is 863. The number of H-pyrrole nitrogens is 1. The maximum absolute atomic E-state index is 13.0. The quantitative estimate of drug-likeness (QED) is 0.844. The van der Waals surface area contributed by atoms with Crippen molar-refractivity contribution >= 4 is 15.8 Å². The van der Waals surface area contributed by atoms with Gasteiger partial charge in [0.1, 0.15) is 10.7 Å². The van der Waals surface area contributed by atoms with Gasteiger partial charge < -0.3 is 0 Å². The van der Waals surface area contributed by atoms with Crippen LogP contribution in [0.5, 0.6) is 0 Å². The number of nitrogens with zero attached hydrogens (tertiary/aromatic N) is 2. The molecule has 0 amide bonds. The fourth-order valence-corrected chi connectivity index (χ4v) is 5.06. The lowest BCUT2D eigenvalue weighted by Crippen LogP contribution is -2.40. The highest BCUT2D eigenvalue weighted by Gasteiger charge is 2.34. The third kappa shape index (κ3) is 3.36. The lowest BCUT2D eigenvalue weighted by Gasteiger charge is -2.30. The van der Waals surface area contributed by atoms with Crippen LogP contribution < -0.4 is 0 Å². The standard InChI is InChI=1S/C17H20FN3O3S/c1-11-17(12(2)20-19-11)25(23,24)21-9-7-14(8-10-21)16(22)13-3-5-15(18)6-4-13/h3-6,14H,7-10H2,1-2H3,(H,19,20). The molecule has 0 bridgehead atoms. The van der Waals surface area contributed by atoms with Gasteiger partial charge in [-0.05, 0) is 51.0 Å². The molecule has 1 fully saturated rings. The van der Waals surface area contributed by atoms with E-state index in [1.807, 2.05) is 0 Å². The van der Waals surface area contributed by atoms with E-state index in [4.69, 9.17) is 0 Å². The zero-order chi connectivity index (χ0) is 18.2. The molecule has 8 heteroatoms. The van der Waals surface area contributed by atoms with E-state index in [0.717, 1.165) is 0 Å². The molecule has 1 aromatic heterocycles. The van der Waals surface area contributed by atoms with Crippen molar-refractivity contribution in [2.45, 2.75) is 31.6 Å². The molecule has 25 heavy (non-hydrogen) atoms. The van der Waals surface area contributed by atoms with Gasteiger partial charge >= 0.3 is 0 Å². The monoisotopic (exact) mass is 365 g/mol. The van der Waals surface area contributed by atoms with Crippen LogP contribution in [0.3, 0.4) is 0 Å². The summed E-state index contributed by atoms with van der Waals surface area (Å²) in [6, 6.07) is 5.46. The number of hydrogen-bond acceptors (Lipinski definition) is 4. The first kappa shape index (κ1) is 17.8. The first-order chi connectivity index (χ1) is 11.8. The zero-order valence-corrected chi connectivity index (χ0v) is 14.9. The molecule has 1 aliphatic heterocycles. The van der Waals surface area contributed by atoms with E-state index in [2.05, 4.69) is 10.2 Å². The van der Waals surface area contributed by atoms with Gasteiger partial charge in [0, 0.05) is 24.6 Å². The molecule has 0 spiro atoms. The number of aryl methyl sites for hydroxylation is 2. The number of ketones is 1. The fourth-order valence-electron chi connectivity index (χ4n) is 3.26. The summed E-state index contributed by atoms with van der Waals surface area (Å²) < 4.78 is 40.0. The van der Waals surface area contributed by atoms with Crippen LogP contribution in [-0.2, 0) is 10.0 Å². The smallest absolute Gasteiger partial charge is 0.246 e. The molecule has 1 aromatic carbocycles. The zero-order valence-electron chi connectivity index (χ0n) is 14.1. The van der Waals surface area contributed by atoms with Gasteiger partial charge in [-0.15, -0.1) is 0 Å². The van der Waals surface area contributed by atoms with Crippen molar-refractivity contribution in [3.05, 3.63) is 47.0 Å². The number of benzene rings is 1. The average molecular weight is 365 g/mol. The lowest BCUT2D eigenvalue weighted by molar-refractivity contribution is 0.0875. The second-order valence-corrected chi connectivity index (χ2v) is 8.19. The molecule has 3 rings (SSSR count). The Morgan fingerprint density at radius 2 is 1.80 bits per heavy atom. The van der Waals surface area contributed by atoms with Gasteiger partial charge in [-0.2, -0.15) is 9.40 Å². The molecule has 0 radical (unpaired) electrons. The summed E-state index contributed by atoms with van der Waals surface area (Å²) in [5, 5.41) is 6.65. The van der Waals surface area contributed by atoms with Crippen molar-refractivity contribution in [1.29, 1.82) is 0 Å². The predicted molar refractivity (Wildman–Crippen MR) is 90.3 cm³/mol. The van der Waals surface area contributed by atoms with E-state index in [1.165, 1.54) is 28.6 Å². The molecule has 2 heterocycles. The van der Waals surface area contributed by atoms with Gasteiger partial charge in [-0.3, -0.25) is 9.89 Å². The molecule has 0 atom stereocenters. The lowest BCUT2D eigenvalue weighted by atomic mass is 9.90. The number of sulfonamides is 1. The van der Waals surface area contributed by atoms with Crippen LogP contribution in [0, 0.1) is 25.6 Å². The normalized spacial score (nSPS) is 16.9. The highest BCUT2D eigenvalue weighted by molar-refractivity contribution is 7.89. The number of Topliss-reactive ketones (excluding diaryl/α,β-unsaturated/α-hetero) is 1. The Hall–Kier alpha value is -2.06. The highest BCUT2D eigenvalue weighted by atomic mass is 32.2. The Kier molecular flexibility index (Phi) is 4.75. The van der Waals surface area contributed by atoms with Crippen LogP contribution in [0.2, 0.25) is 0 Å². The summed E-state index contributed by atoms with van der Waals surface area (Å²) in [5.41, 5.74) is 1.42. The summed E-state index contributed by atoms with van der Waals surface area (Å²) >= 11 is 0. The highest BCUT2D eigenvalue weighted by Crippen LogP contribution is 2.28. The van der Waals surface area contributed by atoms with Crippen LogP contribution >= 0.6 is 0 Å². The first-order valence-corrected chi connectivity index (χ1v) is 9.56. The van der Waals surface area contributed by atoms with Crippen LogP contribution in [0.25, 0.3) is 0 Å². The Morgan fingerprint density at radius 1 is 1.20 bits per heavy atom. The first-order valence-electron chi connectivity index (χ1n) is 8.12. The minimum Gasteiger partial charge on any atom is -0.294 e. The van der Waals surface area contributed by atoms with E-state index < -0.39 is 10.0 Å². The van der Waals surface area contributed by atoms with Crippen molar-refractivity contribution < 1.29 is 17.6 Å². The van der Waals surface area contributed by atoms with E-state index in [9.17, 15) is 17.6 Å². The number of nitrogens with one attached hydrogen (secondary N) is 1. The van der Waals surface area contributed by atoms with Gasteiger partial charge in [-0.25, -0.2) is 12.8 Å². The number of carbonyl (C=O) groups is 1. The van der Waals surface area contributed by atoms with Crippen molar-refractivity contribution in [2.24, 2.45) is 5.92 Å². The van der Waals surface area contributed by atoms with Crippen molar-refractivity contribution in [2.75, 3.05) is 13.1 Å². The molecular formula is C17H20FN3O3S. The van der Waals surface area contributed by atoms with E-state index >= 15 is 0 Å². The molecule has 0 saturated carbocycles. The Labute approximate surface area is 146 Å². The number of hydrogen-bond donors (Lipinski definition) is 1. The van der Waals surface area contributed by atoms with Crippen molar-refractivity contribution in [3.8, 4) is 0 Å². The van der Waals surface area contributed by atoms with Crippen LogP contribution in [0.4, 0.5) is 4.39 Å². The summed E-state index contributed by atoms with van der Waals surface area (Å²) in [6.07, 6.45) is 0.900. The minimum absolute atomic E-state index is 0.0623. The molecule has 1 aliphatic rings. The molecule has 1 N–H and O–H groups in total. The molecule has 0 aliphatic carbocycles. The summed E-state index contributed by atoms with van der Waals surface area (Å²) in [7, 11) is -3.62. The maximum atomic E-state index is 13.0. The number of halogens is 1. The SMILES string of the molecule is Cc1n[nH]c(C)c1S(=O)(=O)N1CCC(C(=O)c2ccc(F)cc2)CC1. The van der Waals surface area contributed by atoms with Crippen molar-refractivity contribution in [3.63, 3.8) is 0 Å². The number of rotatable bonds is 4. The summed E-state index contributed by atoms with van der Waals surface area (Å²) in [6.45, 7) is 3.90. The molecule has 0 unspecified atom stereocenters. The Balaban J connectivity index is 1.71. The van der Waals surface area contributed by atoms with Gasteiger partial charge in [0.25, 0.3) is 0 Å². The number of piperidine rings is 1. The largest absolute Gasteiger partial charge is 0.294 e. The van der Waals surface area contributed by atoms with E-state index in [-0.39, 0.29) is 35.5 Å². The van der Waals surface area contributed by atoms with E-state index in [1.54, 1.807) is 13.8 Å². The molecule has 6 nitrogen and oxygen atoms in total. The topological polar surface area (TPSA) is 83.1 Å². The Morgan fingerprint density at radius 3 is 2.32 bits per heavy atom. The third-order valence-electron chi connectivity index (χ3n) is 4.61. The number of carbonyl (C=O) groups excluding carboxylic acids is 1. The van der Waals surface area contributed by atoms with Gasteiger partial charge in [0.2, 0.25) is 10.0 Å². The maximum Gasteiger partial charge on any atom is 0.246 e. The second-order valence-electron chi connectivity index (χ2n) is 6.31. The predicted octanol–water partition coefficient (Wildman–Crippen LogP) is 2.45. The number of aromatic amines is 1. The molecule has 134 valence electrons. The van der Waals surface area contributed by atoms with Crippen LogP contribution in [0.15, 0.2) is 29.2 Å². The molecular weight excluding hydrogens is 345 g/mol. The third-order valence-corrected chi connectivity index (χ3v) is 6.77. The van der Waals surface area contributed by atoms with Gasteiger partial charge in [-0.1, -0.05) is 0 Å². The minimum atomic E-state index is -3.62. The summed E-state index contributed by atoms with van der Waals surface area (Å²) in [5.74, 6) is -0.695. The number of aromatic nitrogens is 2. The fraction of sp³-hybridized carbons (Fsp3) is 0.412. The average Bonchev–Trinajstić information content (AvgIpc) is 2.94. The van der Waals surface area contributed by atoms with Gasteiger partial charge in [0.15, 0.2) is 5.78 Å². The van der Waals surface area contributed by atoms with Crippen LogP contribution in [0.1, 0.15) is 34.6 Å². The van der Waals surface area contributed by atoms with Gasteiger partial charge in [0.05, 0.1) is 11.4 Å². The summed E-state index contributed by atoms with van der Waals surface area (Å²) in [4.78, 5) is 12.7. The molecule has 2 aromatic rings. The molecule has 1 saturated heterocycles. The van der Waals surface area contributed by atoms with Crippen molar-refractivity contribution in [1.82, 2.24) is 14.5 Å². The van der Waals surface area contributed by atoms with E-state index in [0.29, 0.717) is 29.8 Å². The van der Waals surface area contributed by atoms with Crippen LogP contribution in [-0.4, -0.2) is 41.8 Å². The second kappa shape index (κ2) is 6.68.